The average molecular weight is 242 g/mol. The fourth-order valence-electron chi connectivity index (χ4n) is 1.12. The van der Waals surface area contributed by atoms with Crippen molar-refractivity contribution in [1.29, 1.82) is 0 Å². The molecule has 0 bridgehead atoms. The Balaban J connectivity index is 2.22. The van der Waals surface area contributed by atoms with Gasteiger partial charge in [-0.05, 0) is 6.07 Å². The van der Waals surface area contributed by atoms with Crippen LogP contribution in [0, 0.1) is 0 Å². The monoisotopic (exact) mass is 241 g/mol. The van der Waals surface area contributed by atoms with Crippen LogP contribution in [0.1, 0.15) is 10.7 Å². The second-order valence-electron chi connectivity index (χ2n) is 2.89. The highest BCUT2D eigenvalue weighted by Crippen LogP contribution is 2.11. The first-order chi connectivity index (χ1) is 7.29. The molecule has 2 aromatic rings. The van der Waals surface area contributed by atoms with Crippen LogP contribution in [0.15, 0.2) is 28.5 Å². The van der Waals surface area contributed by atoms with Crippen LogP contribution in [0.3, 0.4) is 0 Å². The van der Waals surface area contributed by atoms with Crippen LogP contribution >= 0.6 is 22.9 Å². The molecule has 6 heteroatoms. The van der Waals surface area contributed by atoms with E-state index in [1.807, 2.05) is 5.38 Å². The van der Waals surface area contributed by atoms with Crippen LogP contribution in [0.5, 0.6) is 0 Å². The predicted molar refractivity (Wildman–Crippen MR) is 59.3 cm³/mol. The Morgan fingerprint density at radius 3 is 3.07 bits per heavy atom. The molecule has 2 rings (SSSR count). The third-order valence-corrected chi connectivity index (χ3v) is 2.96. The van der Waals surface area contributed by atoms with E-state index < -0.39 is 0 Å². The van der Waals surface area contributed by atoms with E-state index in [0.717, 1.165) is 10.7 Å². The quantitative estimate of drug-likeness (QED) is 0.765. The van der Waals surface area contributed by atoms with Gasteiger partial charge in [0.1, 0.15) is 5.01 Å². The maximum Gasteiger partial charge on any atom is 0.267 e. The summed E-state index contributed by atoms with van der Waals surface area (Å²) in [6.45, 7) is 0.404. The van der Waals surface area contributed by atoms with E-state index in [2.05, 4.69) is 10.1 Å². The molecule has 0 N–H and O–H groups in total. The molecule has 0 amide bonds. The number of rotatable bonds is 3. The van der Waals surface area contributed by atoms with Gasteiger partial charge in [0, 0.05) is 17.6 Å². The first-order valence-electron chi connectivity index (χ1n) is 4.31. The molecule has 2 heterocycles. The van der Waals surface area contributed by atoms with Crippen molar-refractivity contribution in [3.8, 4) is 0 Å². The van der Waals surface area contributed by atoms with Crippen molar-refractivity contribution in [2.45, 2.75) is 12.4 Å². The molecule has 2 aromatic heterocycles. The smallest absolute Gasteiger partial charge is 0.267 e. The van der Waals surface area contributed by atoms with Crippen LogP contribution in [-0.4, -0.2) is 14.8 Å². The van der Waals surface area contributed by atoms with Crippen LogP contribution in [0.2, 0.25) is 0 Å². The molecule has 0 aliphatic carbocycles. The van der Waals surface area contributed by atoms with Gasteiger partial charge in [-0.3, -0.25) is 4.79 Å². The predicted octanol–water partition coefficient (Wildman–Crippen LogP) is 1.49. The van der Waals surface area contributed by atoms with E-state index in [4.69, 9.17) is 11.6 Å². The molecule has 0 saturated heterocycles. The van der Waals surface area contributed by atoms with Gasteiger partial charge in [-0.25, -0.2) is 9.67 Å². The summed E-state index contributed by atoms with van der Waals surface area (Å²) in [6.07, 6.45) is 1.58. The largest absolute Gasteiger partial charge is 0.268 e. The topological polar surface area (TPSA) is 47.8 Å². The molecular formula is C9H8ClN3OS. The molecule has 0 aliphatic rings. The molecule has 0 saturated carbocycles. The van der Waals surface area contributed by atoms with Crippen LogP contribution in [0.4, 0.5) is 0 Å². The van der Waals surface area contributed by atoms with Crippen LogP contribution in [0.25, 0.3) is 0 Å². The Morgan fingerprint density at radius 1 is 1.53 bits per heavy atom. The summed E-state index contributed by atoms with van der Waals surface area (Å²) >= 11 is 7.12. The third-order valence-electron chi connectivity index (χ3n) is 1.81. The molecule has 0 atom stereocenters. The second-order valence-corrected chi connectivity index (χ2v) is 4.10. The lowest BCUT2D eigenvalue weighted by Crippen LogP contribution is -2.21. The standard InChI is InChI=1S/C9H8ClN3OS/c10-4-7-6-15-8(12-7)5-13-9(14)2-1-3-11-13/h1-3,6H,4-5H2. The van der Waals surface area contributed by atoms with Crippen molar-refractivity contribution >= 4 is 22.9 Å². The van der Waals surface area contributed by atoms with Gasteiger partial charge in [-0.15, -0.1) is 22.9 Å². The summed E-state index contributed by atoms with van der Waals surface area (Å²) in [4.78, 5) is 15.6. The highest BCUT2D eigenvalue weighted by molar-refractivity contribution is 7.09. The molecular weight excluding hydrogens is 234 g/mol. The fourth-order valence-corrected chi connectivity index (χ4v) is 2.12. The van der Waals surface area contributed by atoms with Gasteiger partial charge < -0.3 is 0 Å². The molecule has 0 spiro atoms. The maximum atomic E-state index is 11.4. The van der Waals surface area contributed by atoms with E-state index in [1.165, 1.54) is 22.1 Å². The van der Waals surface area contributed by atoms with Crippen LogP contribution in [-0.2, 0) is 12.4 Å². The Kier molecular flexibility index (Phi) is 3.13. The summed E-state index contributed by atoms with van der Waals surface area (Å²) in [6, 6.07) is 3.09. The summed E-state index contributed by atoms with van der Waals surface area (Å²) in [5.74, 6) is 0.396. The molecule has 0 aliphatic heterocycles. The SMILES string of the molecule is O=c1cccnn1Cc1nc(CCl)cs1. The summed E-state index contributed by atoms with van der Waals surface area (Å²) in [7, 11) is 0. The van der Waals surface area contributed by atoms with Gasteiger partial charge >= 0.3 is 0 Å². The van der Waals surface area contributed by atoms with Crippen molar-refractivity contribution in [3.05, 3.63) is 44.8 Å². The Morgan fingerprint density at radius 2 is 2.40 bits per heavy atom. The summed E-state index contributed by atoms with van der Waals surface area (Å²) in [5, 5.41) is 6.67. The van der Waals surface area contributed by atoms with E-state index in [1.54, 1.807) is 12.3 Å². The number of nitrogens with zero attached hydrogens (tertiary/aromatic N) is 3. The van der Waals surface area contributed by atoms with Crippen LogP contribution < -0.4 is 5.56 Å². The average Bonchev–Trinajstić information content (AvgIpc) is 2.69. The number of hydrogen-bond donors (Lipinski definition) is 0. The third kappa shape index (κ3) is 2.43. The number of alkyl halides is 1. The fraction of sp³-hybridized carbons (Fsp3) is 0.222. The second kappa shape index (κ2) is 4.55. The number of thiazole rings is 1. The molecule has 4 nitrogen and oxygen atoms in total. The van der Waals surface area contributed by atoms with Gasteiger partial charge in [0.05, 0.1) is 18.1 Å². The van der Waals surface area contributed by atoms with Gasteiger partial charge in [-0.1, -0.05) is 0 Å². The van der Waals surface area contributed by atoms with Gasteiger partial charge in [0.25, 0.3) is 5.56 Å². The van der Waals surface area contributed by atoms with Crippen molar-refractivity contribution in [2.24, 2.45) is 0 Å². The normalized spacial score (nSPS) is 10.5. The van der Waals surface area contributed by atoms with Crippen molar-refractivity contribution in [2.75, 3.05) is 0 Å². The Hall–Kier alpha value is -1.20. The summed E-state index contributed by atoms with van der Waals surface area (Å²) in [5.41, 5.74) is 0.709. The zero-order valence-electron chi connectivity index (χ0n) is 7.76. The van der Waals surface area contributed by atoms with Crippen molar-refractivity contribution < 1.29 is 0 Å². The lowest BCUT2D eigenvalue weighted by molar-refractivity contribution is 0.635. The minimum absolute atomic E-state index is 0.125. The first-order valence-corrected chi connectivity index (χ1v) is 5.72. The number of halogens is 1. The number of hydrogen-bond acceptors (Lipinski definition) is 4. The highest BCUT2D eigenvalue weighted by atomic mass is 35.5. The van der Waals surface area contributed by atoms with E-state index in [-0.39, 0.29) is 5.56 Å². The number of aromatic nitrogens is 3. The zero-order valence-corrected chi connectivity index (χ0v) is 9.33. The Labute approximate surface area is 95.2 Å². The molecule has 0 radical (unpaired) electrons. The van der Waals surface area contributed by atoms with Crippen molar-refractivity contribution in [1.82, 2.24) is 14.8 Å². The van der Waals surface area contributed by atoms with E-state index >= 15 is 0 Å². The molecule has 0 unspecified atom stereocenters. The van der Waals surface area contributed by atoms with Gasteiger partial charge in [0.2, 0.25) is 0 Å². The minimum atomic E-state index is -0.125. The lowest BCUT2D eigenvalue weighted by atomic mass is 10.5. The highest BCUT2D eigenvalue weighted by Gasteiger charge is 2.03. The maximum absolute atomic E-state index is 11.4. The zero-order chi connectivity index (χ0) is 10.7. The molecule has 0 fully saturated rings. The van der Waals surface area contributed by atoms with Gasteiger partial charge in [0.15, 0.2) is 0 Å². The van der Waals surface area contributed by atoms with E-state index in [9.17, 15) is 4.79 Å². The first kappa shape index (κ1) is 10.3. The molecule has 15 heavy (non-hydrogen) atoms. The molecule has 78 valence electrons. The Bertz CT molecular complexity index is 508. The minimum Gasteiger partial charge on any atom is -0.268 e. The summed E-state index contributed by atoms with van der Waals surface area (Å²) < 4.78 is 1.37. The van der Waals surface area contributed by atoms with Crippen molar-refractivity contribution in [3.63, 3.8) is 0 Å². The van der Waals surface area contributed by atoms with E-state index in [0.29, 0.717) is 12.4 Å². The molecule has 0 aromatic carbocycles. The van der Waals surface area contributed by atoms with Gasteiger partial charge in [-0.2, -0.15) is 5.10 Å². The lowest BCUT2D eigenvalue weighted by Gasteiger charge is -1.98.